The monoisotopic (exact) mass is 315 g/mol. The molecule has 3 aromatic rings. The van der Waals surface area contributed by atoms with E-state index in [-0.39, 0.29) is 0 Å². The number of hydrogen-bond donors (Lipinski definition) is 0. The van der Waals surface area contributed by atoms with Crippen molar-refractivity contribution in [3.8, 4) is 5.75 Å². The number of benzene rings is 1. The third kappa shape index (κ3) is 3.48. The maximum absolute atomic E-state index is 5.74. The summed E-state index contributed by atoms with van der Waals surface area (Å²) in [6, 6.07) is 8.10. The van der Waals surface area contributed by atoms with E-state index in [1.165, 1.54) is 5.56 Å². The number of imidazole rings is 1. The summed E-state index contributed by atoms with van der Waals surface area (Å²) in [6.07, 6.45) is 5.38. The molecule has 0 aliphatic rings. The van der Waals surface area contributed by atoms with E-state index in [4.69, 9.17) is 4.74 Å². The van der Waals surface area contributed by atoms with Crippen LogP contribution in [0.3, 0.4) is 0 Å². The molecule has 0 saturated carbocycles. The van der Waals surface area contributed by atoms with Crippen molar-refractivity contribution in [3.63, 3.8) is 0 Å². The van der Waals surface area contributed by atoms with Crippen molar-refractivity contribution < 1.29 is 4.74 Å². The van der Waals surface area contributed by atoms with E-state index in [1.54, 1.807) is 24.3 Å². The maximum Gasteiger partial charge on any atom is 0.191 e. The van der Waals surface area contributed by atoms with Crippen LogP contribution < -0.4 is 4.74 Å². The fourth-order valence-electron chi connectivity index (χ4n) is 1.92. The fraction of sp³-hybridized carbons (Fsp3) is 0.267. The molecule has 0 bridgehead atoms. The molecule has 0 aliphatic heterocycles. The first-order chi connectivity index (χ1) is 10.7. The summed E-state index contributed by atoms with van der Waals surface area (Å²) in [5.74, 6) is 2.60. The Bertz CT molecular complexity index is 671. The van der Waals surface area contributed by atoms with Crippen LogP contribution in [0, 0.1) is 0 Å². The Hall–Kier alpha value is -2.28. The quantitative estimate of drug-likeness (QED) is 0.654. The second kappa shape index (κ2) is 6.65. The lowest BCUT2D eigenvalue weighted by atomic mass is 10.2. The van der Waals surface area contributed by atoms with E-state index in [9.17, 15) is 0 Å². The molecule has 2 heterocycles. The zero-order valence-corrected chi connectivity index (χ0v) is 13.3. The number of thioether (sulfide) groups is 1. The molecular formula is C15H17N5OS. The van der Waals surface area contributed by atoms with Gasteiger partial charge < -0.3 is 13.9 Å². The van der Waals surface area contributed by atoms with Crippen molar-refractivity contribution in [1.82, 2.24) is 24.3 Å². The smallest absolute Gasteiger partial charge is 0.191 e. The number of aromatic nitrogens is 5. The molecular weight excluding hydrogens is 298 g/mol. The lowest BCUT2D eigenvalue weighted by molar-refractivity contribution is 0.292. The van der Waals surface area contributed by atoms with Crippen LogP contribution in [-0.2, 0) is 26.5 Å². The minimum atomic E-state index is 0.469. The molecule has 3 rings (SSSR count). The molecule has 0 fully saturated rings. The van der Waals surface area contributed by atoms with Gasteiger partial charge in [-0.2, -0.15) is 0 Å². The predicted molar refractivity (Wildman–Crippen MR) is 84.5 cm³/mol. The molecule has 0 spiro atoms. The first-order valence-electron chi connectivity index (χ1n) is 6.87. The maximum atomic E-state index is 5.74. The van der Waals surface area contributed by atoms with Crippen molar-refractivity contribution in [1.29, 1.82) is 0 Å². The first-order valence-corrected chi connectivity index (χ1v) is 7.85. The van der Waals surface area contributed by atoms with Crippen molar-refractivity contribution in [2.75, 3.05) is 0 Å². The van der Waals surface area contributed by atoms with E-state index in [0.29, 0.717) is 6.61 Å². The number of nitrogens with zero attached hydrogens (tertiary/aromatic N) is 5. The van der Waals surface area contributed by atoms with Gasteiger partial charge in [0.1, 0.15) is 24.5 Å². The summed E-state index contributed by atoms with van der Waals surface area (Å²) >= 11 is 1.66. The summed E-state index contributed by atoms with van der Waals surface area (Å²) < 4.78 is 9.60. The van der Waals surface area contributed by atoms with Crippen LogP contribution >= 0.6 is 11.8 Å². The van der Waals surface area contributed by atoms with E-state index >= 15 is 0 Å². The normalized spacial score (nSPS) is 10.8. The van der Waals surface area contributed by atoms with E-state index in [2.05, 4.69) is 27.3 Å². The highest BCUT2D eigenvalue weighted by Gasteiger charge is 2.04. The molecule has 114 valence electrons. The second-order valence-corrected chi connectivity index (χ2v) is 5.84. The minimum Gasteiger partial charge on any atom is -0.486 e. The van der Waals surface area contributed by atoms with Gasteiger partial charge in [-0.1, -0.05) is 23.9 Å². The van der Waals surface area contributed by atoms with Gasteiger partial charge in [-0.3, -0.25) is 0 Å². The summed E-state index contributed by atoms with van der Waals surface area (Å²) in [5, 5.41) is 8.84. The molecule has 0 N–H and O–H groups in total. The lowest BCUT2D eigenvalue weighted by Crippen LogP contribution is -2.02. The van der Waals surface area contributed by atoms with E-state index in [1.807, 2.05) is 41.6 Å². The SMILES string of the molecule is Cn1ccnc1COc1ccc(CSc2nncn2C)cc1. The van der Waals surface area contributed by atoms with E-state index in [0.717, 1.165) is 22.5 Å². The Labute approximate surface area is 133 Å². The Morgan fingerprint density at radius 1 is 1.14 bits per heavy atom. The highest BCUT2D eigenvalue weighted by molar-refractivity contribution is 7.98. The highest BCUT2D eigenvalue weighted by atomic mass is 32.2. The molecule has 22 heavy (non-hydrogen) atoms. The third-order valence-electron chi connectivity index (χ3n) is 3.25. The molecule has 6 nitrogen and oxygen atoms in total. The standard InChI is InChI=1S/C15H17N5OS/c1-19-8-7-16-14(19)9-21-13-5-3-12(4-6-13)10-22-15-18-17-11-20(15)2/h3-8,11H,9-10H2,1-2H3. The summed E-state index contributed by atoms with van der Waals surface area (Å²) in [6.45, 7) is 0.469. The zero-order valence-electron chi connectivity index (χ0n) is 12.5. The van der Waals surface area contributed by atoms with E-state index < -0.39 is 0 Å². The average Bonchev–Trinajstić information content (AvgIpc) is 3.12. The van der Waals surface area contributed by atoms with Crippen molar-refractivity contribution >= 4 is 11.8 Å². The average molecular weight is 315 g/mol. The number of ether oxygens (including phenoxy) is 1. The molecule has 1 aromatic carbocycles. The van der Waals surface area contributed by atoms with Gasteiger partial charge in [0.2, 0.25) is 0 Å². The van der Waals surface area contributed by atoms with Gasteiger partial charge in [0.05, 0.1) is 0 Å². The number of rotatable bonds is 6. The highest BCUT2D eigenvalue weighted by Crippen LogP contribution is 2.21. The zero-order chi connectivity index (χ0) is 15.4. The van der Waals surface area contributed by atoms with Crippen LogP contribution in [0.2, 0.25) is 0 Å². The third-order valence-corrected chi connectivity index (χ3v) is 4.36. The molecule has 0 amide bonds. The van der Waals surface area contributed by atoms with Crippen LogP contribution in [0.4, 0.5) is 0 Å². The molecule has 0 unspecified atom stereocenters. The van der Waals surface area contributed by atoms with Crippen molar-refractivity contribution in [3.05, 3.63) is 54.4 Å². The van der Waals surface area contributed by atoms with Gasteiger partial charge >= 0.3 is 0 Å². The molecule has 0 saturated heterocycles. The Morgan fingerprint density at radius 3 is 2.59 bits per heavy atom. The Morgan fingerprint density at radius 2 is 1.95 bits per heavy atom. The molecule has 0 atom stereocenters. The predicted octanol–water partition coefficient (Wildman–Crippen LogP) is 2.42. The van der Waals surface area contributed by atoms with Crippen LogP contribution in [-0.4, -0.2) is 24.3 Å². The van der Waals surface area contributed by atoms with Gasteiger partial charge in [-0.15, -0.1) is 10.2 Å². The molecule has 0 radical (unpaired) electrons. The Balaban J connectivity index is 1.54. The molecule has 7 heteroatoms. The minimum absolute atomic E-state index is 0.469. The second-order valence-electron chi connectivity index (χ2n) is 4.90. The number of hydrogen-bond acceptors (Lipinski definition) is 5. The van der Waals surface area contributed by atoms with Gasteiger partial charge in [0, 0.05) is 32.2 Å². The Kier molecular flexibility index (Phi) is 4.43. The molecule has 0 aliphatic carbocycles. The largest absolute Gasteiger partial charge is 0.486 e. The topological polar surface area (TPSA) is 57.8 Å². The van der Waals surface area contributed by atoms with Gasteiger partial charge in [0.25, 0.3) is 0 Å². The molecule has 2 aromatic heterocycles. The van der Waals surface area contributed by atoms with Crippen molar-refractivity contribution in [2.45, 2.75) is 17.5 Å². The summed E-state index contributed by atoms with van der Waals surface area (Å²) in [4.78, 5) is 4.23. The summed E-state index contributed by atoms with van der Waals surface area (Å²) in [5.41, 5.74) is 1.22. The first kappa shape index (κ1) is 14.6. The van der Waals surface area contributed by atoms with Gasteiger partial charge in [0.15, 0.2) is 5.16 Å². The summed E-state index contributed by atoms with van der Waals surface area (Å²) in [7, 11) is 3.90. The van der Waals surface area contributed by atoms with Gasteiger partial charge in [-0.05, 0) is 17.7 Å². The number of aryl methyl sites for hydroxylation is 2. The van der Waals surface area contributed by atoms with Gasteiger partial charge in [-0.25, -0.2) is 4.98 Å². The van der Waals surface area contributed by atoms with Crippen molar-refractivity contribution in [2.24, 2.45) is 14.1 Å². The van der Waals surface area contributed by atoms with Crippen LogP contribution in [0.15, 0.2) is 48.1 Å². The van der Waals surface area contributed by atoms with Crippen LogP contribution in [0.5, 0.6) is 5.75 Å². The lowest BCUT2D eigenvalue weighted by Gasteiger charge is -2.07. The van der Waals surface area contributed by atoms with Crippen LogP contribution in [0.1, 0.15) is 11.4 Å². The van der Waals surface area contributed by atoms with Crippen LogP contribution in [0.25, 0.3) is 0 Å². The fourth-order valence-corrected chi connectivity index (χ4v) is 2.76.